The SMILES string of the molecule is CN(C(=O)OC(C)(C)C)[C@@H]1[C@@H](O)[C@@H](O[C@H]2[C@H](NC(=O)[C@@H](O)CCNC(=O)OC(C)(C)C)C[C@H](NC(=O)OC(C)(C)C)C([C@H]3OC(CN)=CC[C@H]3NC(=O)C3COC(C)(C)N3C(=O)OC(C)(C)C)[C@@H]2O)OC[C@]1(C)O. The molecule has 0 aromatic rings. The number of nitrogens with two attached hydrogens (primary N) is 1. The minimum Gasteiger partial charge on any atom is -0.491 e. The molecule has 25 heteroatoms. The zero-order valence-corrected chi connectivity index (χ0v) is 45.9. The highest BCUT2D eigenvalue weighted by Gasteiger charge is 2.57. The Balaban J connectivity index is 1.80. The van der Waals surface area contributed by atoms with Gasteiger partial charge in [-0.15, -0.1) is 0 Å². The minimum absolute atomic E-state index is 0.0577. The molecule has 0 bridgehead atoms. The van der Waals surface area contributed by atoms with Crippen molar-refractivity contribution < 1.29 is 87.1 Å². The monoisotopic (exact) mass is 1060 g/mol. The normalized spacial score (nSPS) is 30.9. The average molecular weight is 1060 g/mol. The molecule has 1 aliphatic carbocycles. The van der Waals surface area contributed by atoms with Crippen molar-refractivity contribution in [1.82, 2.24) is 31.1 Å². The number of aliphatic hydroxyl groups is 4. The van der Waals surface area contributed by atoms with Crippen molar-refractivity contribution in [3.8, 4) is 0 Å². The van der Waals surface area contributed by atoms with E-state index < -0.39 is 149 Å². The van der Waals surface area contributed by atoms with Crippen molar-refractivity contribution in [2.75, 3.05) is 33.4 Å². The summed E-state index contributed by atoms with van der Waals surface area (Å²) in [6.45, 7) is 23.4. The van der Waals surface area contributed by atoms with Gasteiger partial charge in [0.05, 0.1) is 44.0 Å². The lowest BCUT2D eigenvalue weighted by atomic mass is 9.72. The Bertz CT molecular complexity index is 2030. The van der Waals surface area contributed by atoms with Crippen LogP contribution in [0, 0.1) is 5.92 Å². The molecule has 4 rings (SSSR count). The van der Waals surface area contributed by atoms with Crippen LogP contribution in [0.15, 0.2) is 11.8 Å². The number of hydrogen-bond acceptors (Lipinski definition) is 19. The maximum absolute atomic E-state index is 14.5. The summed E-state index contributed by atoms with van der Waals surface area (Å²) in [5, 5.41) is 58.6. The molecule has 0 aromatic heterocycles. The topological polar surface area (TPSA) is 338 Å². The van der Waals surface area contributed by atoms with Gasteiger partial charge in [-0.1, -0.05) is 0 Å². The van der Waals surface area contributed by atoms with Gasteiger partial charge in [0.2, 0.25) is 11.8 Å². The standard InChI is InChI=1S/C49H85N7O18/c1-44(2,3)71-40(62)51-20-19-30(57)38(61)53-28-21-27(54-41(63)72-45(4,5)6)31(32(58)35(28)70-39-33(59)36(49(15,66)24-67-39)55(16)42(64)73-46(7,8)9)34-26(18-17-25(22-50)69-34)52-37(60)29-23-68-48(13,14)56(29)43(65)74-47(10,11)12/h17,26-36,39,57-59,66H,18-24,50H2,1-16H3,(H,51,62)(H,52,60)(H,53,61)(H,54,63)/t26-,27+,28-,29?,30+,31?,32+,33-,34+,35+,36-,39-,49+/m1/s1. The first kappa shape index (κ1) is 61.8. The van der Waals surface area contributed by atoms with E-state index in [9.17, 15) is 49.2 Å². The quantitative estimate of drug-likeness (QED) is 0.118. The lowest BCUT2D eigenvalue weighted by Gasteiger charge is -2.52. The number of rotatable bonds is 13. The number of aliphatic hydroxyl groups excluding tert-OH is 3. The summed E-state index contributed by atoms with van der Waals surface area (Å²) in [5.41, 5.74) is -0.773. The van der Waals surface area contributed by atoms with Gasteiger partial charge in [-0.3, -0.25) is 14.5 Å². The molecule has 4 aliphatic rings. The Hall–Kier alpha value is -4.76. The Morgan fingerprint density at radius 1 is 0.824 bits per heavy atom. The fourth-order valence-corrected chi connectivity index (χ4v) is 9.22. The van der Waals surface area contributed by atoms with Crippen molar-refractivity contribution in [2.45, 2.75) is 224 Å². The largest absolute Gasteiger partial charge is 0.491 e. The van der Waals surface area contributed by atoms with Gasteiger partial charge in [-0.2, -0.15) is 0 Å². The first-order chi connectivity index (χ1) is 33.7. The Morgan fingerprint density at radius 3 is 1.97 bits per heavy atom. The van der Waals surface area contributed by atoms with E-state index in [0.29, 0.717) is 0 Å². The highest BCUT2D eigenvalue weighted by atomic mass is 16.7. The van der Waals surface area contributed by atoms with Crippen LogP contribution in [0.4, 0.5) is 19.2 Å². The molecule has 3 heterocycles. The van der Waals surface area contributed by atoms with Crippen LogP contribution in [-0.2, 0) is 47.5 Å². The summed E-state index contributed by atoms with van der Waals surface area (Å²) in [6.07, 6.45) is -12.5. The number of alkyl carbamates (subject to hydrolysis) is 2. The van der Waals surface area contributed by atoms with Crippen LogP contribution in [0.5, 0.6) is 0 Å². The first-order valence-electron chi connectivity index (χ1n) is 25.0. The smallest absolute Gasteiger partial charge is 0.413 e. The molecule has 0 spiro atoms. The first-order valence-corrected chi connectivity index (χ1v) is 25.0. The number of carbonyl (C=O) groups is 6. The van der Waals surface area contributed by atoms with Crippen molar-refractivity contribution in [3.05, 3.63) is 11.8 Å². The molecule has 3 fully saturated rings. The second-order valence-corrected chi connectivity index (χ2v) is 24.0. The van der Waals surface area contributed by atoms with Gasteiger partial charge in [-0.05, 0) is 129 Å². The number of nitrogens with one attached hydrogen (secondary N) is 4. The third kappa shape index (κ3) is 16.9. The summed E-state index contributed by atoms with van der Waals surface area (Å²) in [4.78, 5) is 83.7. The van der Waals surface area contributed by atoms with Gasteiger partial charge < -0.3 is 90.2 Å². The van der Waals surface area contributed by atoms with Gasteiger partial charge in [0, 0.05) is 25.6 Å². The highest BCUT2D eigenvalue weighted by molar-refractivity contribution is 5.87. The molecule has 13 atom stereocenters. The number of ether oxygens (including phenoxy) is 8. The van der Waals surface area contributed by atoms with Gasteiger partial charge in [0.25, 0.3) is 0 Å². The molecule has 0 radical (unpaired) electrons. The zero-order valence-electron chi connectivity index (χ0n) is 45.9. The molecule has 3 aliphatic heterocycles. The van der Waals surface area contributed by atoms with Crippen LogP contribution in [0.3, 0.4) is 0 Å². The lowest BCUT2D eigenvalue weighted by molar-refractivity contribution is -0.305. The molecule has 424 valence electrons. The Kier molecular flexibility index (Phi) is 19.7. The predicted octanol–water partition coefficient (Wildman–Crippen LogP) is 1.60. The van der Waals surface area contributed by atoms with E-state index in [1.807, 2.05) is 0 Å². The number of hydrogen-bond donors (Lipinski definition) is 9. The molecule has 0 aromatic carbocycles. The van der Waals surface area contributed by atoms with E-state index >= 15 is 0 Å². The molecular formula is C49H85N7O18. The summed E-state index contributed by atoms with van der Waals surface area (Å²) in [5.74, 6) is -2.73. The van der Waals surface area contributed by atoms with E-state index in [1.165, 1.54) is 18.9 Å². The average Bonchev–Trinajstić information content (AvgIpc) is 3.55. The third-order valence-corrected chi connectivity index (χ3v) is 12.3. The van der Waals surface area contributed by atoms with Gasteiger partial charge in [-0.25, -0.2) is 19.2 Å². The molecular weight excluding hydrogens is 975 g/mol. The summed E-state index contributed by atoms with van der Waals surface area (Å²) < 4.78 is 46.9. The number of amides is 6. The zero-order chi connectivity index (χ0) is 56.3. The Morgan fingerprint density at radius 2 is 1.41 bits per heavy atom. The van der Waals surface area contributed by atoms with E-state index in [2.05, 4.69) is 21.3 Å². The molecule has 25 nitrogen and oxygen atoms in total. The summed E-state index contributed by atoms with van der Waals surface area (Å²) in [7, 11) is 1.31. The summed E-state index contributed by atoms with van der Waals surface area (Å²) in [6, 6.07) is -6.25. The van der Waals surface area contributed by atoms with Crippen LogP contribution in [0.25, 0.3) is 0 Å². The van der Waals surface area contributed by atoms with Crippen molar-refractivity contribution >= 4 is 36.2 Å². The molecule has 2 unspecified atom stereocenters. The van der Waals surface area contributed by atoms with Gasteiger partial charge >= 0.3 is 24.4 Å². The second-order valence-electron chi connectivity index (χ2n) is 24.0. The number of likely N-dealkylation sites (N-methyl/N-ethyl adjacent to an activating group) is 1. The number of nitrogens with zero attached hydrogens (tertiary/aromatic N) is 2. The molecule has 6 amide bonds. The van der Waals surface area contributed by atoms with Crippen LogP contribution in [-0.4, -0.2) is 201 Å². The van der Waals surface area contributed by atoms with Crippen LogP contribution in [0.2, 0.25) is 0 Å². The summed E-state index contributed by atoms with van der Waals surface area (Å²) >= 11 is 0. The Labute approximate surface area is 434 Å². The van der Waals surface area contributed by atoms with Crippen LogP contribution >= 0.6 is 0 Å². The van der Waals surface area contributed by atoms with Crippen molar-refractivity contribution in [1.29, 1.82) is 0 Å². The van der Waals surface area contributed by atoms with E-state index in [0.717, 1.165) is 4.90 Å². The predicted molar refractivity (Wildman–Crippen MR) is 264 cm³/mol. The van der Waals surface area contributed by atoms with Crippen molar-refractivity contribution in [2.24, 2.45) is 11.7 Å². The van der Waals surface area contributed by atoms with E-state index in [1.54, 1.807) is 103 Å². The number of carbonyl (C=O) groups excluding carboxylic acids is 6. The van der Waals surface area contributed by atoms with E-state index in [4.69, 9.17) is 43.6 Å². The fourth-order valence-electron chi connectivity index (χ4n) is 9.22. The maximum Gasteiger partial charge on any atom is 0.413 e. The highest BCUT2D eigenvalue weighted by Crippen LogP contribution is 2.39. The van der Waals surface area contributed by atoms with Gasteiger partial charge in [0.15, 0.2) is 6.29 Å². The fraction of sp³-hybridized carbons (Fsp3) is 0.837. The second kappa shape index (κ2) is 23.6. The third-order valence-electron chi connectivity index (χ3n) is 12.3. The van der Waals surface area contributed by atoms with Crippen molar-refractivity contribution in [3.63, 3.8) is 0 Å². The molecule has 1 saturated carbocycles. The molecule has 2 saturated heterocycles. The van der Waals surface area contributed by atoms with E-state index in [-0.39, 0.29) is 44.7 Å². The minimum atomic E-state index is -1.89. The molecule has 74 heavy (non-hydrogen) atoms. The van der Waals surface area contributed by atoms with Crippen LogP contribution in [0.1, 0.15) is 123 Å². The maximum atomic E-state index is 14.5. The van der Waals surface area contributed by atoms with Gasteiger partial charge in [0.1, 0.15) is 69.9 Å². The lowest BCUT2D eigenvalue weighted by Crippen LogP contribution is -2.71. The molecule has 10 N–H and O–H groups in total. The van der Waals surface area contributed by atoms with Crippen LogP contribution < -0.4 is 27.0 Å².